The summed E-state index contributed by atoms with van der Waals surface area (Å²) in [5, 5.41) is 12.7. The molecular formula is C16H20N2O3. The number of carbonyl (C=O) groups excluding carboxylic acids is 1. The second-order valence-electron chi connectivity index (χ2n) is 6.02. The summed E-state index contributed by atoms with van der Waals surface area (Å²) >= 11 is 0. The molecule has 0 radical (unpaired) electrons. The second-order valence-corrected chi connectivity index (χ2v) is 6.02. The van der Waals surface area contributed by atoms with Crippen LogP contribution < -0.4 is 5.32 Å². The molecule has 3 N–H and O–H groups in total. The van der Waals surface area contributed by atoms with Gasteiger partial charge in [0.1, 0.15) is 5.69 Å². The average Bonchev–Trinajstić information content (AvgIpc) is 2.85. The summed E-state index contributed by atoms with van der Waals surface area (Å²) in [5.41, 5.74) is 2.66. The summed E-state index contributed by atoms with van der Waals surface area (Å²) in [4.78, 5) is 26.2. The van der Waals surface area contributed by atoms with Crippen molar-refractivity contribution in [1.82, 2.24) is 10.3 Å². The van der Waals surface area contributed by atoms with Gasteiger partial charge >= 0.3 is 5.97 Å². The van der Waals surface area contributed by atoms with E-state index in [-0.39, 0.29) is 12.5 Å². The SMILES string of the molecule is Cc1ccc2[nH]c(C(=O)NCC(C)(C)C(=O)O)cc2c1C. The highest BCUT2D eigenvalue weighted by molar-refractivity contribution is 5.99. The van der Waals surface area contributed by atoms with Crippen LogP contribution in [0.1, 0.15) is 35.5 Å². The van der Waals surface area contributed by atoms with Crippen LogP contribution in [0.2, 0.25) is 0 Å². The number of rotatable bonds is 4. The lowest BCUT2D eigenvalue weighted by atomic mass is 9.94. The van der Waals surface area contributed by atoms with Crippen molar-refractivity contribution in [1.29, 1.82) is 0 Å². The van der Waals surface area contributed by atoms with Crippen LogP contribution in [0.25, 0.3) is 10.9 Å². The molecule has 2 aromatic rings. The molecule has 0 saturated carbocycles. The highest BCUT2D eigenvalue weighted by atomic mass is 16.4. The zero-order valence-corrected chi connectivity index (χ0v) is 12.7. The lowest BCUT2D eigenvalue weighted by molar-refractivity contribution is -0.146. The number of aromatic nitrogens is 1. The van der Waals surface area contributed by atoms with Gasteiger partial charge in [-0.15, -0.1) is 0 Å². The van der Waals surface area contributed by atoms with E-state index in [4.69, 9.17) is 5.11 Å². The van der Waals surface area contributed by atoms with E-state index in [1.54, 1.807) is 19.9 Å². The summed E-state index contributed by atoms with van der Waals surface area (Å²) in [6.45, 7) is 7.27. The summed E-state index contributed by atoms with van der Waals surface area (Å²) in [6.07, 6.45) is 0. The van der Waals surface area contributed by atoms with Crippen LogP contribution in [-0.2, 0) is 4.79 Å². The van der Waals surface area contributed by atoms with E-state index >= 15 is 0 Å². The zero-order valence-electron chi connectivity index (χ0n) is 12.7. The quantitative estimate of drug-likeness (QED) is 0.808. The maximum Gasteiger partial charge on any atom is 0.310 e. The van der Waals surface area contributed by atoms with E-state index in [0.29, 0.717) is 5.69 Å². The smallest absolute Gasteiger partial charge is 0.310 e. The number of carboxylic acids is 1. The van der Waals surface area contributed by atoms with Crippen LogP contribution in [0, 0.1) is 19.3 Å². The van der Waals surface area contributed by atoms with Crippen LogP contribution in [0.5, 0.6) is 0 Å². The van der Waals surface area contributed by atoms with Crippen molar-refractivity contribution >= 4 is 22.8 Å². The van der Waals surface area contributed by atoms with E-state index in [1.807, 2.05) is 26.0 Å². The van der Waals surface area contributed by atoms with Gasteiger partial charge in [-0.2, -0.15) is 0 Å². The molecule has 0 spiro atoms. The number of benzene rings is 1. The summed E-state index contributed by atoms with van der Waals surface area (Å²) in [5.74, 6) is -1.23. The predicted octanol–water partition coefficient (Wildman–Crippen LogP) is 2.63. The lowest BCUT2D eigenvalue weighted by Crippen LogP contribution is -2.39. The van der Waals surface area contributed by atoms with Crippen LogP contribution in [0.15, 0.2) is 18.2 Å². The number of fused-ring (bicyclic) bond motifs is 1. The van der Waals surface area contributed by atoms with Crippen LogP contribution >= 0.6 is 0 Å². The van der Waals surface area contributed by atoms with Crippen LogP contribution in [-0.4, -0.2) is 28.5 Å². The maximum atomic E-state index is 12.1. The van der Waals surface area contributed by atoms with Crippen LogP contribution in [0.3, 0.4) is 0 Å². The van der Waals surface area contributed by atoms with Gasteiger partial charge in [-0.3, -0.25) is 9.59 Å². The number of aryl methyl sites for hydroxylation is 2. The lowest BCUT2D eigenvalue weighted by Gasteiger charge is -2.19. The fraction of sp³-hybridized carbons (Fsp3) is 0.375. The summed E-state index contributed by atoms with van der Waals surface area (Å²) < 4.78 is 0. The first kappa shape index (κ1) is 15.1. The van der Waals surface area contributed by atoms with E-state index in [2.05, 4.69) is 10.3 Å². The molecule has 5 heteroatoms. The Morgan fingerprint density at radius 1 is 1.29 bits per heavy atom. The predicted molar refractivity (Wildman–Crippen MR) is 81.5 cm³/mol. The Kier molecular flexibility index (Phi) is 3.77. The molecule has 0 aliphatic carbocycles. The summed E-state index contributed by atoms with van der Waals surface area (Å²) in [7, 11) is 0. The second kappa shape index (κ2) is 5.24. The molecule has 0 bridgehead atoms. The Hall–Kier alpha value is -2.30. The largest absolute Gasteiger partial charge is 0.481 e. The third-order valence-electron chi connectivity index (χ3n) is 3.86. The van der Waals surface area contributed by atoms with Gasteiger partial charge in [0.15, 0.2) is 0 Å². The normalized spacial score (nSPS) is 11.6. The molecule has 1 aromatic carbocycles. The zero-order chi connectivity index (χ0) is 15.8. The minimum absolute atomic E-state index is 0.0779. The maximum absolute atomic E-state index is 12.1. The fourth-order valence-corrected chi connectivity index (χ4v) is 2.05. The van der Waals surface area contributed by atoms with Crippen molar-refractivity contribution in [3.8, 4) is 0 Å². The number of carboxylic acid groups (broad SMARTS) is 1. The molecule has 0 saturated heterocycles. The number of hydrogen-bond donors (Lipinski definition) is 3. The van der Waals surface area contributed by atoms with Gasteiger partial charge in [0, 0.05) is 17.4 Å². The van der Waals surface area contributed by atoms with E-state index < -0.39 is 11.4 Å². The van der Waals surface area contributed by atoms with Crippen molar-refractivity contribution in [3.05, 3.63) is 35.0 Å². The Morgan fingerprint density at radius 2 is 1.95 bits per heavy atom. The van der Waals surface area contributed by atoms with Gasteiger partial charge in [-0.25, -0.2) is 0 Å². The number of amides is 1. The molecule has 112 valence electrons. The number of hydrogen-bond acceptors (Lipinski definition) is 2. The van der Waals surface area contributed by atoms with Gasteiger partial charge in [0.25, 0.3) is 5.91 Å². The average molecular weight is 288 g/mol. The molecule has 5 nitrogen and oxygen atoms in total. The minimum Gasteiger partial charge on any atom is -0.481 e. The van der Waals surface area contributed by atoms with Gasteiger partial charge in [0.05, 0.1) is 5.41 Å². The van der Waals surface area contributed by atoms with Crippen LogP contribution in [0.4, 0.5) is 0 Å². The molecule has 0 aliphatic rings. The fourth-order valence-electron chi connectivity index (χ4n) is 2.05. The van der Waals surface area contributed by atoms with E-state index in [0.717, 1.165) is 16.5 Å². The monoisotopic (exact) mass is 288 g/mol. The first-order valence-electron chi connectivity index (χ1n) is 6.83. The van der Waals surface area contributed by atoms with Gasteiger partial charge in [-0.1, -0.05) is 6.07 Å². The molecule has 0 fully saturated rings. The van der Waals surface area contributed by atoms with Crippen molar-refractivity contribution in [3.63, 3.8) is 0 Å². The van der Waals surface area contributed by atoms with E-state index in [1.165, 1.54) is 5.56 Å². The Balaban J connectivity index is 2.21. The van der Waals surface area contributed by atoms with Gasteiger partial charge < -0.3 is 15.4 Å². The Morgan fingerprint density at radius 3 is 2.57 bits per heavy atom. The molecular weight excluding hydrogens is 268 g/mol. The number of H-pyrrole nitrogens is 1. The topological polar surface area (TPSA) is 82.2 Å². The molecule has 1 aromatic heterocycles. The number of aliphatic carboxylic acids is 1. The van der Waals surface area contributed by atoms with Crippen molar-refractivity contribution in [2.75, 3.05) is 6.54 Å². The van der Waals surface area contributed by atoms with Crippen molar-refractivity contribution in [2.45, 2.75) is 27.7 Å². The highest BCUT2D eigenvalue weighted by Crippen LogP contribution is 2.22. The summed E-state index contributed by atoms with van der Waals surface area (Å²) in [6, 6.07) is 5.75. The third-order valence-corrected chi connectivity index (χ3v) is 3.86. The number of carbonyl (C=O) groups is 2. The third kappa shape index (κ3) is 2.91. The Bertz CT molecular complexity index is 714. The first-order chi connectivity index (χ1) is 9.72. The minimum atomic E-state index is -0.992. The molecule has 0 aliphatic heterocycles. The van der Waals surface area contributed by atoms with Crippen molar-refractivity contribution < 1.29 is 14.7 Å². The molecule has 21 heavy (non-hydrogen) atoms. The standard InChI is InChI=1S/C16H20N2O3/c1-9-5-6-12-11(10(9)2)7-13(18-12)14(19)17-8-16(3,4)15(20)21/h5-7,18H,8H2,1-4H3,(H,17,19)(H,20,21). The highest BCUT2D eigenvalue weighted by Gasteiger charge is 2.27. The Labute approximate surface area is 123 Å². The van der Waals surface area contributed by atoms with Crippen molar-refractivity contribution in [2.24, 2.45) is 5.41 Å². The number of aromatic amines is 1. The first-order valence-corrected chi connectivity index (χ1v) is 6.83. The molecule has 0 unspecified atom stereocenters. The molecule has 1 amide bonds. The molecule has 0 atom stereocenters. The van der Waals surface area contributed by atoms with Gasteiger partial charge in [-0.05, 0) is 51.0 Å². The molecule has 1 heterocycles. The molecule has 2 rings (SSSR count). The number of nitrogens with one attached hydrogen (secondary N) is 2. The van der Waals surface area contributed by atoms with Gasteiger partial charge in [0.2, 0.25) is 0 Å². The van der Waals surface area contributed by atoms with E-state index in [9.17, 15) is 9.59 Å².